The number of carbonyl (C=O) groups is 3. The van der Waals surface area contributed by atoms with Gasteiger partial charge in [-0.3, -0.25) is 24.5 Å². The molecule has 1 aliphatic carbocycles. The number of hydrogen-bond donors (Lipinski definition) is 0. The van der Waals surface area contributed by atoms with E-state index in [2.05, 4.69) is 4.90 Å². The summed E-state index contributed by atoms with van der Waals surface area (Å²) in [7, 11) is 0. The Hall–Kier alpha value is -3.75. The third-order valence-corrected chi connectivity index (χ3v) is 7.51. The van der Waals surface area contributed by atoms with Gasteiger partial charge in [-0.15, -0.1) is 0 Å². The van der Waals surface area contributed by atoms with E-state index < -0.39 is 4.92 Å². The van der Waals surface area contributed by atoms with Gasteiger partial charge in [-0.05, 0) is 56.2 Å². The average molecular weight is 477 g/mol. The molecule has 0 bridgehead atoms. The van der Waals surface area contributed by atoms with Gasteiger partial charge >= 0.3 is 0 Å². The van der Waals surface area contributed by atoms with E-state index in [1.165, 1.54) is 17.9 Å². The molecule has 0 N–H and O–H groups in total. The van der Waals surface area contributed by atoms with E-state index in [-0.39, 0.29) is 40.8 Å². The Morgan fingerprint density at radius 3 is 1.94 bits per heavy atom. The summed E-state index contributed by atoms with van der Waals surface area (Å²) < 4.78 is 0. The van der Waals surface area contributed by atoms with Gasteiger partial charge in [0, 0.05) is 43.5 Å². The summed E-state index contributed by atoms with van der Waals surface area (Å²) in [5.74, 6) is -1.04. The maximum atomic E-state index is 12.9. The molecule has 9 heteroatoms. The summed E-state index contributed by atoms with van der Waals surface area (Å²) in [6.07, 6.45) is 3.27. The molecule has 0 radical (unpaired) electrons. The molecule has 5 rings (SSSR count). The number of amides is 2. The number of Topliss-reactive ketones (excluding diaryl/α,β-unsaturated/α-hetero) is 1. The first-order valence-corrected chi connectivity index (χ1v) is 12.1. The fourth-order valence-electron chi connectivity index (χ4n) is 5.59. The summed E-state index contributed by atoms with van der Waals surface area (Å²) in [6.45, 7) is 4.05. The van der Waals surface area contributed by atoms with Crippen LogP contribution in [0.5, 0.6) is 0 Å². The number of benzene rings is 2. The van der Waals surface area contributed by atoms with Crippen LogP contribution in [0.15, 0.2) is 42.5 Å². The molecule has 182 valence electrons. The van der Waals surface area contributed by atoms with Crippen molar-refractivity contribution in [1.82, 2.24) is 0 Å². The summed E-state index contributed by atoms with van der Waals surface area (Å²) in [4.78, 5) is 54.3. The van der Waals surface area contributed by atoms with Crippen LogP contribution in [0.25, 0.3) is 0 Å². The zero-order valence-corrected chi connectivity index (χ0v) is 19.7. The highest BCUT2D eigenvalue weighted by Crippen LogP contribution is 2.42. The maximum absolute atomic E-state index is 12.9. The van der Waals surface area contributed by atoms with Gasteiger partial charge in [-0.2, -0.15) is 0 Å². The van der Waals surface area contributed by atoms with E-state index in [9.17, 15) is 24.5 Å². The van der Waals surface area contributed by atoms with Crippen LogP contribution in [-0.4, -0.2) is 48.7 Å². The summed E-state index contributed by atoms with van der Waals surface area (Å²) in [5, 5.41) is 12.0. The van der Waals surface area contributed by atoms with Crippen molar-refractivity contribution in [2.75, 3.05) is 40.9 Å². The van der Waals surface area contributed by atoms with Crippen LogP contribution in [0.3, 0.4) is 0 Å². The summed E-state index contributed by atoms with van der Waals surface area (Å²) in [5.41, 5.74) is 2.34. The Balaban J connectivity index is 1.34. The van der Waals surface area contributed by atoms with Crippen LogP contribution in [0, 0.1) is 22.0 Å². The number of piperazine rings is 1. The minimum Gasteiger partial charge on any atom is -0.368 e. The van der Waals surface area contributed by atoms with Crippen molar-refractivity contribution >= 4 is 40.3 Å². The van der Waals surface area contributed by atoms with Gasteiger partial charge in [0.25, 0.3) is 5.69 Å². The molecular formula is C26H28N4O5. The molecule has 1 saturated carbocycles. The van der Waals surface area contributed by atoms with Gasteiger partial charge in [0.05, 0.1) is 22.4 Å². The first kappa shape index (κ1) is 23.0. The summed E-state index contributed by atoms with van der Waals surface area (Å²) in [6, 6.07) is 12.1. The Labute approximate surface area is 203 Å². The first-order valence-electron chi connectivity index (χ1n) is 12.1. The third kappa shape index (κ3) is 4.15. The number of imide groups is 1. The molecule has 2 aliphatic heterocycles. The average Bonchev–Trinajstić information content (AvgIpc) is 3.13. The number of nitro benzene ring substituents is 1. The molecule has 9 nitrogen and oxygen atoms in total. The van der Waals surface area contributed by atoms with Gasteiger partial charge < -0.3 is 9.80 Å². The quantitative estimate of drug-likeness (QED) is 0.280. The molecular weight excluding hydrogens is 448 g/mol. The van der Waals surface area contributed by atoms with Gasteiger partial charge in [0.1, 0.15) is 5.69 Å². The highest BCUT2D eigenvalue weighted by Gasteiger charge is 2.49. The number of rotatable bonds is 5. The van der Waals surface area contributed by atoms with Crippen LogP contribution < -0.4 is 14.7 Å². The molecule has 2 amide bonds. The Kier molecular flexibility index (Phi) is 6.00. The van der Waals surface area contributed by atoms with E-state index >= 15 is 0 Å². The molecule has 2 atom stereocenters. The maximum Gasteiger partial charge on any atom is 0.294 e. The van der Waals surface area contributed by atoms with Crippen LogP contribution in [0.4, 0.5) is 22.7 Å². The normalized spacial score (nSPS) is 22.4. The second kappa shape index (κ2) is 9.13. The largest absolute Gasteiger partial charge is 0.368 e. The fourth-order valence-corrected chi connectivity index (χ4v) is 5.59. The number of carbonyl (C=O) groups excluding carboxylic acids is 3. The lowest BCUT2D eigenvalue weighted by molar-refractivity contribution is -0.384. The monoisotopic (exact) mass is 476 g/mol. The lowest BCUT2D eigenvalue weighted by Gasteiger charge is -2.37. The van der Waals surface area contributed by atoms with Crippen LogP contribution in [-0.2, 0) is 9.59 Å². The molecule has 0 aromatic heterocycles. The van der Waals surface area contributed by atoms with Crippen LogP contribution in [0.2, 0.25) is 0 Å². The van der Waals surface area contributed by atoms with Crippen molar-refractivity contribution in [3.63, 3.8) is 0 Å². The fraction of sp³-hybridized carbons (Fsp3) is 0.423. The molecule has 0 spiro atoms. The highest BCUT2D eigenvalue weighted by molar-refractivity contribution is 6.22. The third-order valence-electron chi connectivity index (χ3n) is 7.51. The lowest BCUT2D eigenvalue weighted by Crippen LogP contribution is -2.46. The Morgan fingerprint density at radius 2 is 1.40 bits per heavy atom. The SMILES string of the molecule is CC(=O)c1ccc(N2CCN(c3ccc(N4C(=O)[C@@H]5CCCC[C@H]5C4=O)cc3[N+](=O)[O-])CC2)cc1. The molecule has 35 heavy (non-hydrogen) atoms. The van der Waals surface area contributed by atoms with Gasteiger partial charge in [-0.1, -0.05) is 12.8 Å². The minimum absolute atomic E-state index is 0.0215. The minimum atomic E-state index is -0.441. The topological polar surface area (TPSA) is 104 Å². The van der Waals surface area contributed by atoms with Gasteiger partial charge in [0.2, 0.25) is 11.8 Å². The summed E-state index contributed by atoms with van der Waals surface area (Å²) >= 11 is 0. The second-order valence-corrected chi connectivity index (χ2v) is 9.52. The number of anilines is 3. The first-order chi connectivity index (χ1) is 16.8. The number of nitrogens with zero attached hydrogens (tertiary/aromatic N) is 4. The predicted octanol–water partition coefficient (Wildman–Crippen LogP) is 3.80. The van der Waals surface area contributed by atoms with E-state index in [0.29, 0.717) is 50.3 Å². The zero-order chi connectivity index (χ0) is 24.7. The number of fused-ring (bicyclic) bond motifs is 1. The molecule has 3 aliphatic rings. The van der Waals surface area contributed by atoms with Crippen molar-refractivity contribution in [1.29, 1.82) is 0 Å². The number of hydrogen-bond acceptors (Lipinski definition) is 7. The molecule has 2 aromatic carbocycles. The van der Waals surface area contributed by atoms with Crippen molar-refractivity contribution in [3.8, 4) is 0 Å². The van der Waals surface area contributed by atoms with Crippen molar-refractivity contribution < 1.29 is 19.3 Å². The molecule has 2 heterocycles. The van der Waals surface area contributed by atoms with E-state index in [1.54, 1.807) is 12.1 Å². The second-order valence-electron chi connectivity index (χ2n) is 9.52. The molecule has 0 unspecified atom stereocenters. The molecule has 3 fully saturated rings. The van der Waals surface area contributed by atoms with Gasteiger partial charge in [-0.25, -0.2) is 4.90 Å². The standard InChI is InChI=1S/C26H28N4O5/c1-17(31)18-6-8-19(9-7-18)27-12-14-28(15-13-27)23-11-10-20(16-24(23)30(34)35)29-25(32)21-4-2-3-5-22(21)26(29)33/h6-11,16,21-22H,2-5,12-15H2,1H3/t21-,22-/m1/s1. The highest BCUT2D eigenvalue weighted by atomic mass is 16.6. The smallest absolute Gasteiger partial charge is 0.294 e. The van der Waals surface area contributed by atoms with Crippen LogP contribution >= 0.6 is 0 Å². The van der Waals surface area contributed by atoms with Gasteiger partial charge in [0.15, 0.2) is 5.78 Å². The Morgan fingerprint density at radius 1 is 0.857 bits per heavy atom. The Bertz CT molecular complexity index is 1160. The van der Waals surface area contributed by atoms with Crippen molar-refractivity contribution in [3.05, 3.63) is 58.1 Å². The predicted molar refractivity (Wildman–Crippen MR) is 132 cm³/mol. The van der Waals surface area contributed by atoms with Crippen molar-refractivity contribution in [2.45, 2.75) is 32.6 Å². The lowest BCUT2D eigenvalue weighted by atomic mass is 9.81. The van der Waals surface area contributed by atoms with E-state index in [4.69, 9.17) is 0 Å². The molecule has 2 aromatic rings. The number of ketones is 1. The van der Waals surface area contributed by atoms with E-state index in [0.717, 1.165) is 18.5 Å². The molecule has 2 saturated heterocycles. The van der Waals surface area contributed by atoms with Crippen molar-refractivity contribution in [2.24, 2.45) is 11.8 Å². The number of nitro groups is 1. The van der Waals surface area contributed by atoms with Crippen LogP contribution in [0.1, 0.15) is 43.0 Å². The van der Waals surface area contributed by atoms with E-state index in [1.807, 2.05) is 29.2 Å². The zero-order valence-electron chi connectivity index (χ0n) is 19.7.